The van der Waals surface area contributed by atoms with Crippen LogP contribution in [0.15, 0.2) is 18.2 Å². The van der Waals surface area contributed by atoms with Gasteiger partial charge in [-0.2, -0.15) is 0 Å². The molecule has 0 aliphatic heterocycles. The van der Waals surface area contributed by atoms with Crippen molar-refractivity contribution in [1.82, 2.24) is 0 Å². The number of benzene rings is 1. The Hall–Kier alpha value is -0.540. The third-order valence-corrected chi connectivity index (χ3v) is 2.89. The maximum atomic E-state index is 11.2. The zero-order chi connectivity index (χ0) is 10.7. The van der Waals surface area contributed by atoms with E-state index in [-0.39, 0.29) is 5.97 Å². The normalized spacial score (nSPS) is 12.3. The van der Waals surface area contributed by atoms with Crippen LogP contribution in [0.5, 0.6) is 0 Å². The Labute approximate surface area is 96.3 Å². The Morgan fingerprint density at radius 3 is 2.64 bits per heavy atom. The first kappa shape index (κ1) is 11.5. The first-order valence-electron chi connectivity index (χ1n) is 4.03. The van der Waals surface area contributed by atoms with Gasteiger partial charge in [-0.3, -0.25) is 4.79 Å². The van der Waals surface area contributed by atoms with E-state index in [9.17, 15) is 4.79 Å². The number of hydrogen-bond donors (Lipinski definition) is 0. The van der Waals surface area contributed by atoms with Gasteiger partial charge >= 0.3 is 5.97 Å². The highest BCUT2D eigenvalue weighted by Gasteiger charge is 2.17. The van der Waals surface area contributed by atoms with Crippen molar-refractivity contribution >= 4 is 33.5 Å². The van der Waals surface area contributed by atoms with Crippen molar-refractivity contribution in [3.05, 3.63) is 34.3 Å². The van der Waals surface area contributed by atoms with Crippen molar-refractivity contribution < 1.29 is 9.53 Å². The predicted molar refractivity (Wildman–Crippen MR) is 59.9 cm³/mol. The molecule has 0 radical (unpaired) electrons. The van der Waals surface area contributed by atoms with Gasteiger partial charge in [0, 0.05) is 5.02 Å². The van der Waals surface area contributed by atoms with Crippen LogP contribution < -0.4 is 0 Å². The van der Waals surface area contributed by atoms with E-state index < -0.39 is 4.83 Å². The fraction of sp³-hybridized carbons (Fsp3) is 0.300. The Morgan fingerprint density at radius 2 is 2.14 bits per heavy atom. The summed E-state index contributed by atoms with van der Waals surface area (Å²) in [5.74, 6) is -0.327. The van der Waals surface area contributed by atoms with Crippen molar-refractivity contribution in [1.29, 1.82) is 0 Å². The predicted octanol–water partition coefficient (Wildman–Crippen LogP) is 3.26. The van der Waals surface area contributed by atoms with Crippen LogP contribution in [0.4, 0.5) is 0 Å². The minimum atomic E-state index is -0.454. The van der Waals surface area contributed by atoms with E-state index in [1.54, 1.807) is 6.07 Å². The van der Waals surface area contributed by atoms with Crippen molar-refractivity contribution in [3.63, 3.8) is 0 Å². The Morgan fingerprint density at radius 1 is 1.50 bits per heavy atom. The number of carbonyl (C=O) groups excluding carboxylic acids is 1. The Kier molecular flexibility index (Phi) is 3.96. The molecule has 14 heavy (non-hydrogen) atoms. The summed E-state index contributed by atoms with van der Waals surface area (Å²) in [6, 6.07) is 5.47. The molecule has 0 heterocycles. The lowest BCUT2D eigenvalue weighted by molar-refractivity contribution is -0.139. The van der Waals surface area contributed by atoms with E-state index in [1.165, 1.54) is 7.11 Å². The summed E-state index contributed by atoms with van der Waals surface area (Å²) in [5, 5.41) is 0.619. The van der Waals surface area contributed by atoms with Crippen LogP contribution in [0.25, 0.3) is 0 Å². The van der Waals surface area contributed by atoms with Gasteiger partial charge < -0.3 is 4.74 Å². The minimum absolute atomic E-state index is 0.327. The fourth-order valence-electron chi connectivity index (χ4n) is 1.15. The average Bonchev–Trinajstić information content (AvgIpc) is 2.14. The van der Waals surface area contributed by atoms with Crippen LogP contribution in [0.1, 0.15) is 16.0 Å². The quantitative estimate of drug-likeness (QED) is 0.613. The highest BCUT2D eigenvalue weighted by molar-refractivity contribution is 9.09. The highest BCUT2D eigenvalue weighted by Crippen LogP contribution is 2.27. The Balaban J connectivity index is 3.00. The molecule has 0 aliphatic rings. The molecule has 0 N–H and O–H groups in total. The third kappa shape index (κ3) is 2.72. The van der Waals surface area contributed by atoms with Crippen LogP contribution in [0.2, 0.25) is 5.02 Å². The minimum Gasteiger partial charge on any atom is -0.468 e. The van der Waals surface area contributed by atoms with Crippen molar-refractivity contribution in [3.8, 4) is 0 Å². The van der Waals surface area contributed by atoms with Gasteiger partial charge in [-0.25, -0.2) is 0 Å². The van der Waals surface area contributed by atoms with Gasteiger partial charge in [0.05, 0.1) is 7.11 Å². The zero-order valence-corrected chi connectivity index (χ0v) is 10.2. The molecule has 0 aromatic heterocycles. The summed E-state index contributed by atoms with van der Waals surface area (Å²) in [6.45, 7) is 1.92. The van der Waals surface area contributed by atoms with Crippen LogP contribution in [0, 0.1) is 6.92 Å². The summed E-state index contributed by atoms with van der Waals surface area (Å²) in [7, 11) is 1.36. The van der Waals surface area contributed by atoms with E-state index in [2.05, 4.69) is 20.7 Å². The molecular formula is C10H10BrClO2. The number of halogens is 2. The molecule has 0 saturated heterocycles. The Bertz CT molecular complexity index is 332. The van der Waals surface area contributed by atoms with Gasteiger partial charge in [0.25, 0.3) is 0 Å². The van der Waals surface area contributed by atoms with Crippen LogP contribution in [-0.2, 0) is 9.53 Å². The topological polar surface area (TPSA) is 26.3 Å². The summed E-state index contributed by atoms with van der Waals surface area (Å²) < 4.78 is 4.62. The van der Waals surface area contributed by atoms with Crippen LogP contribution in [0.3, 0.4) is 0 Å². The lowest BCUT2D eigenvalue weighted by Crippen LogP contribution is -2.08. The number of alkyl halides is 1. The standard InChI is InChI=1S/C10H10BrClO2/c1-6-3-7(5-8(12)4-6)9(11)10(13)14-2/h3-5,9H,1-2H3. The first-order valence-corrected chi connectivity index (χ1v) is 5.33. The molecule has 1 atom stereocenters. The fourth-order valence-corrected chi connectivity index (χ4v) is 1.90. The number of carbonyl (C=O) groups is 1. The smallest absolute Gasteiger partial charge is 0.323 e. The molecule has 0 fully saturated rings. The monoisotopic (exact) mass is 276 g/mol. The number of hydrogen-bond acceptors (Lipinski definition) is 2. The van der Waals surface area contributed by atoms with Gasteiger partial charge in [0.1, 0.15) is 4.83 Å². The molecule has 1 aromatic carbocycles. The maximum Gasteiger partial charge on any atom is 0.323 e. The molecule has 2 nitrogen and oxygen atoms in total. The summed E-state index contributed by atoms with van der Waals surface area (Å²) in [4.78, 5) is 10.8. The lowest BCUT2D eigenvalue weighted by atomic mass is 10.1. The second-order valence-corrected chi connectivity index (χ2v) is 4.30. The number of esters is 1. The molecular weight excluding hydrogens is 267 g/mol. The van der Waals surface area contributed by atoms with Gasteiger partial charge in [-0.05, 0) is 30.2 Å². The number of rotatable bonds is 2. The molecule has 0 bridgehead atoms. The summed E-state index contributed by atoms with van der Waals surface area (Å²) >= 11 is 9.12. The van der Waals surface area contributed by atoms with E-state index in [0.717, 1.165) is 11.1 Å². The van der Waals surface area contributed by atoms with Crippen LogP contribution >= 0.6 is 27.5 Å². The molecule has 0 saturated carbocycles. The first-order chi connectivity index (χ1) is 6.54. The number of aryl methyl sites for hydroxylation is 1. The maximum absolute atomic E-state index is 11.2. The second kappa shape index (κ2) is 4.80. The van der Waals surface area contributed by atoms with E-state index in [0.29, 0.717) is 5.02 Å². The molecule has 4 heteroatoms. The molecule has 1 unspecified atom stereocenters. The number of methoxy groups -OCH3 is 1. The molecule has 0 spiro atoms. The SMILES string of the molecule is COC(=O)C(Br)c1cc(C)cc(Cl)c1. The van der Waals surface area contributed by atoms with Gasteiger partial charge in [0.2, 0.25) is 0 Å². The summed E-state index contributed by atoms with van der Waals surface area (Å²) in [6.07, 6.45) is 0. The average molecular weight is 278 g/mol. The molecule has 0 amide bonds. The lowest BCUT2D eigenvalue weighted by Gasteiger charge is -2.09. The second-order valence-electron chi connectivity index (χ2n) is 2.95. The van der Waals surface area contributed by atoms with Gasteiger partial charge in [-0.15, -0.1) is 0 Å². The molecule has 76 valence electrons. The third-order valence-electron chi connectivity index (χ3n) is 1.77. The molecule has 0 aliphatic carbocycles. The van der Waals surface area contributed by atoms with E-state index in [4.69, 9.17) is 11.6 Å². The highest BCUT2D eigenvalue weighted by atomic mass is 79.9. The van der Waals surface area contributed by atoms with E-state index >= 15 is 0 Å². The van der Waals surface area contributed by atoms with Gasteiger partial charge in [0.15, 0.2) is 0 Å². The molecule has 1 aromatic rings. The van der Waals surface area contributed by atoms with Crippen molar-refractivity contribution in [2.24, 2.45) is 0 Å². The van der Waals surface area contributed by atoms with Crippen molar-refractivity contribution in [2.75, 3.05) is 7.11 Å². The molecule has 1 rings (SSSR count). The zero-order valence-electron chi connectivity index (χ0n) is 7.88. The summed E-state index contributed by atoms with van der Waals surface area (Å²) in [5.41, 5.74) is 1.82. The van der Waals surface area contributed by atoms with Crippen LogP contribution in [-0.4, -0.2) is 13.1 Å². The largest absolute Gasteiger partial charge is 0.468 e. The van der Waals surface area contributed by atoms with E-state index in [1.807, 2.05) is 19.1 Å². The van der Waals surface area contributed by atoms with Crippen molar-refractivity contribution in [2.45, 2.75) is 11.8 Å². The van der Waals surface area contributed by atoms with Gasteiger partial charge in [-0.1, -0.05) is 33.6 Å². The number of ether oxygens (including phenoxy) is 1.